The van der Waals surface area contributed by atoms with E-state index in [0.717, 1.165) is 23.5 Å². The first-order valence-electron chi connectivity index (χ1n) is 10.2. The summed E-state index contributed by atoms with van der Waals surface area (Å²) >= 11 is 0.808. The van der Waals surface area contributed by atoms with Crippen LogP contribution in [0.1, 0.15) is 42.6 Å². The van der Waals surface area contributed by atoms with Crippen LogP contribution in [-0.4, -0.2) is 43.5 Å². The van der Waals surface area contributed by atoms with Crippen molar-refractivity contribution in [3.8, 4) is 10.6 Å². The van der Waals surface area contributed by atoms with Crippen LogP contribution in [0.5, 0.6) is 0 Å². The second-order valence-corrected chi connectivity index (χ2v) is 9.22. The van der Waals surface area contributed by atoms with Gasteiger partial charge in [0.05, 0.1) is 29.2 Å². The highest BCUT2D eigenvalue weighted by molar-refractivity contribution is 7.19. The number of carbonyl (C=O) groups is 1. The fourth-order valence-electron chi connectivity index (χ4n) is 3.80. The number of nitrogens with one attached hydrogen (secondary N) is 1. The number of nitrogens with two attached hydrogens (primary N) is 2. The number of carbonyl (C=O) groups excluding carboxylic acids is 1. The highest BCUT2D eigenvalue weighted by atomic mass is 32.1. The minimum Gasteiger partial charge on any atom is -0.389 e. The number of benzene rings is 1. The van der Waals surface area contributed by atoms with Crippen LogP contribution in [0.15, 0.2) is 24.4 Å². The number of nitrogen functional groups attached to an aromatic ring is 1. The Morgan fingerprint density at radius 2 is 2.06 bits per heavy atom. The van der Waals surface area contributed by atoms with Crippen LogP contribution in [0.25, 0.3) is 10.6 Å². The maximum atomic E-state index is 14.1. The smallest absolute Gasteiger partial charge is 0.277 e. The Kier molecular flexibility index (Phi) is 5.95. The van der Waals surface area contributed by atoms with E-state index in [1.165, 1.54) is 12.3 Å². The third-order valence-electron chi connectivity index (χ3n) is 5.99. The maximum Gasteiger partial charge on any atom is 0.277 e. The first kappa shape index (κ1) is 23.2. The zero-order chi connectivity index (χ0) is 24.1. The number of rotatable bonds is 4. The summed E-state index contributed by atoms with van der Waals surface area (Å²) in [4.78, 5) is 17.0. The predicted molar refractivity (Wildman–Crippen MR) is 120 cm³/mol. The van der Waals surface area contributed by atoms with Crippen molar-refractivity contribution < 1.29 is 23.4 Å². The number of thiazole rings is 1. The maximum absolute atomic E-state index is 14.1. The van der Waals surface area contributed by atoms with Gasteiger partial charge in [-0.05, 0) is 32.4 Å². The predicted octanol–water partition coefficient (Wildman–Crippen LogP) is 2.58. The van der Waals surface area contributed by atoms with Gasteiger partial charge in [-0.2, -0.15) is 5.10 Å². The summed E-state index contributed by atoms with van der Waals surface area (Å²) in [5.41, 5.74) is 11.3. The van der Waals surface area contributed by atoms with Gasteiger partial charge in [-0.3, -0.25) is 9.48 Å². The Hall–Kier alpha value is -2.93. The van der Waals surface area contributed by atoms with E-state index < -0.39 is 41.4 Å². The number of aliphatic hydroxyl groups is 1. The molecule has 0 bridgehead atoms. The molecule has 1 aliphatic rings. The largest absolute Gasteiger partial charge is 0.389 e. The van der Waals surface area contributed by atoms with Gasteiger partial charge in [-0.15, -0.1) is 0 Å². The Morgan fingerprint density at radius 1 is 1.39 bits per heavy atom. The number of nitrogens with zero attached hydrogens (tertiary/aromatic N) is 3. The van der Waals surface area contributed by atoms with Crippen LogP contribution in [0, 0.1) is 11.6 Å². The molecule has 176 valence electrons. The molecule has 12 heteroatoms. The van der Waals surface area contributed by atoms with Gasteiger partial charge in [0.2, 0.25) is 0 Å². The zero-order valence-corrected chi connectivity index (χ0v) is 19.0. The molecule has 0 radical (unpaired) electrons. The molecule has 3 heterocycles. The molecule has 4 rings (SSSR count). The summed E-state index contributed by atoms with van der Waals surface area (Å²) in [6.07, 6.45) is 0.653. The molecule has 2 aromatic heterocycles. The third-order valence-corrected chi connectivity index (χ3v) is 6.90. The number of ether oxygens (including phenoxy) is 1. The molecule has 9 nitrogen and oxygen atoms in total. The molecule has 0 aliphatic carbocycles. The molecule has 4 atom stereocenters. The molecule has 1 saturated heterocycles. The fourth-order valence-corrected chi connectivity index (χ4v) is 4.67. The normalized spacial score (nSPS) is 25.2. The molecule has 3 aromatic rings. The lowest BCUT2D eigenvalue weighted by molar-refractivity contribution is -0.172. The van der Waals surface area contributed by atoms with Gasteiger partial charge in [0.25, 0.3) is 5.91 Å². The lowest BCUT2D eigenvalue weighted by atomic mass is 9.84. The SMILES string of the molecule is C[C@@H]1OC(c2c(NC(=O)c3nc(-c4c(F)cccc4F)sc3N)cnn2C)C[C@H](N)[C@@]1(C)O. The summed E-state index contributed by atoms with van der Waals surface area (Å²) in [7, 11) is 1.69. The van der Waals surface area contributed by atoms with Gasteiger partial charge in [0.1, 0.15) is 33.3 Å². The highest BCUT2D eigenvalue weighted by Gasteiger charge is 2.44. The van der Waals surface area contributed by atoms with Crippen molar-refractivity contribution in [1.82, 2.24) is 14.8 Å². The summed E-state index contributed by atoms with van der Waals surface area (Å²) in [6, 6.07) is 2.88. The second-order valence-electron chi connectivity index (χ2n) is 8.18. The van der Waals surface area contributed by atoms with Crippen molar-refractivity contribution in [3.63, 3.8) is 0 Å². The Morgan fingerprint density at radius 3 is 2.70 bits per heavy atom. The summed E-state index contributed by atoms with van der Waals surface area (Å²) in [5.74, 6) is -2.27. The standard InChI is InChI=1S/C21H24F2N6O3S/c1-9-21(2,31)14(24)7-13(32-9)17-12(8-26-29(17)3)27-19(30)16-18(25)33-20(28-16)15-10(22)5-4-6-11(15)23/h4-6,8-9,13-14,31H,7,24-25H2,1-3H3,(H,27,30)/t9-,13?,14-,21-/m0/s1. The van der Waals surface area contributed by atoms with Crippen molar-refractivity contribution in [1.29, 1.82) is 0 Å². The van der Waals surface area contributed by atoms with Crippen LogP contribution < -0.4 is 16.8 Å². The molecule has 0 spiro atoms. The number of aromatic nitrogens is 3. The Balaban J connectivity index is 1.61. The molecule has 33 heavy (non-hydrogen) atoms. The quantitative estimate of drug-likeness (QED) is 0.452. The number of aryl methyl sites for hydroxylation is 1. The van der Waals surface area contributed by atoms with E-state index in [-0.39, 0.29) is 21.3 Å². The minimum absolute atomic E-state index is 0.0104. The van der Waals surface area contributed by atoms with Crippen LogP contribution in [0.3, 0.4) is 0 Å². The van der Waals surface area contributed by atoms with Crippen molar-refractivity contribution in [2.24, 2.45) is 12.8 Å². The molecular weight excluding hydrogens is 454 g/mol. The van der Waals surface area contributed by atoms with E-state index in [1.807, 2.05) is 0 Å². The van der Waals surface area contributed by atoms with Gasteiger partial charge in [0, 0.05) is 13.1 Å². The van der Waals surface area contributed by atoms with Crippen LogP contribution in [0.2, 0.25) is 0 Å². The van der Waals surface area contributed by atoms with Crippen molar-refractivity contribution in [2.75, 3.05) is 11.1 Å². The number of hydrogen-bond acceptors (Lipinski definition) is 8. The van der Waals surface area contributed by atoms with Crippen LogP contribution in [0.4, 0.5) is 19.5 Å². The van der Waals surface area contributed by atoms with Crippen LogP contribution in [-0.2, 0) is 11.8 Å². The van der Waals surface area contributed by atoms with E-state index in [4.69, 9.17) is 16.2 Å². The minimum atomic E-state index is -1.20. The summed E-state index contributed by atoms with van der Waals surface area (Å²) in [5, 5.41) is 17.4. The molecule has 1 aliphatic heterocycles. The summed E-state index contributed by atoms with van der Waals surface area (Å²) in [6.45, 7) is 3.34. The van der Waals surface area contributed by atoms with E-state index in [2.05, 4.69) is 15.4 Å². The number of anilines is 2. The first-order valence-corrected chi connectivity index (χ1v) is 11.0. The van der Waals surface area contributed by atoms with Crippen molar-refractivity contribution >= 4 is 27.9 Å². The first-order chi connectivity index (χ1) is 15.5. The molecule has 1 aromatic carbocycles. The van der Waals surface area contributed by atoms with E-state index >= 15 is 0 Å². The molecule has 1 fully saturated rings. The lowest BCUT2D eigenvalue weighted by Gasteiger charge is -2.43. The van der Waals surface area contributed by atoms with Gasteiger partial charge in [-0.1, -0.05) is 17.4 Å². The van der Waals surface area contributed by atoms with Crippen molar-refractivity contribution in [3.05, 3.63) is 47.4 Å². The monoisotopic (exact) mass is 478 g/mol. The Labute approximate surface area is 192 Å². The van der Waals surface area contributed by atoms with Gasteiger partial charge < -0.3 is 26.6 Å². The lowest BCUT2D eigenvalue weighted by Crippen LogP contribution is -2.58. The fraction of sp³-hybridized carbons (Fsp3) is 0.381. The average Bonchev–Trinajstić information content (AvgIpc) is 3.28. The van der Waals surface area contributed by atoms with Crippen molar-refractivity contribution in [2.45, 2.75) is 44.1 Å². The Bertz CT molecular complexity index is 1180. The van der Waals surface area contributed by atoms with E-state index in [0.29, 0.717) is 17.8 Å². The molecule has 0 saturated carbocycles. The van der Waals surface area contributed by atoms with Crippen LogP contribution >= 0.6 is 11.3 Å². The number of amides is 1. The highest BCUT2D eigenvalue weighted by Crippen LogP contribution is 2.39. The topological polar surface area (TPSA) is 141 Å². The zero-order valence-electron chi connectivity index (χ0n) is 18.2. The van der Waals surface area contributed by atoms with E-state index in [1.54, 1.807) is 25.6 Å². The second kappa shape index (κ2) is 8.45. The number of hydrogen-bond donors (Lipinski definition) is 4. The average molecular weight is 479 g/mol. The summed E-state index contributed by atoms with van der Waals surface area (Å²) < 4.78 is 35.8. The molecule has 6 N–H and O–H groups in total. The molecular formula is C21H24F2N6O3S. The van der Waals surface area contributed by atoms with E-state index in [9.17, 15) is 18.7 Å². The van der Waals surface area contributed by atoms with Gasteiger partial charge in [0.15, 0.2) is 5.69 Å². The third kappa shape index (κ3) is 4.10. The van der Waals surface area contributed by atoms with Gasteiger partial charge in [-0.25, -0.2) is 13.8 Å². The van der Waals surface area contributed by atoms with Gasteiger partial charge >= 0.3 is 0 Å². The number of halogens is 2. The molecule has 1 unspecified atom stereocenters. The molecule has 1 amide bonds.